The average molecular weight is 271 g/mol. The molecule has 1 aliphatic rings. The maximum atomic E-state index is 6.13. The van der Waals surface area contributed by atoms with Crippen LogP contribution in [0, 0.1) is 0 Å². The largest absolute Gasteiger partial charge is 0.381 e. The van der Waals surface area contributed by atoms with Crippen molar-refractivity contribution in [3.05, 3.63) is 0 Å². The molecule has 19 heavy (non-hydrogen) atoms. The molecule has 3 heteroatoms. The van der Waals surface area contributed by atoms with Crippen molar-refractivity contribution in [2.45, 2.75) is 90.3 Å². The van der Waals surface area contributed by atoms with Crippen molar-refractivity contribution in [1.29, 1.82) is 0 Å². The van der Waals surface area contributed by atoms with Crippen LogP contribution in [0.2, 0.25) is 0 Å². The molecule has 1 aliphatic heterocycles. The van der Waals surface area contributed by atoms with E-state index >= 15 is 0 Å². The summed E-state index contributed by atoms with van der Waals surface area (Å²) in [6.07, 6.45) is 7.41. The third kappa shape index (κ3) is 4.73. The van der Waals surface area contributed by atoms with Gasteiger partial charge in [-0.2, -0.15) is 5.06 Å². The average Bonchev–Trinajstić information content (AvgIpc) is 2.30. The van der Waals surface area contributed by atoms with Crippen LogP contribution in [-0.4, -0.2) is 36.0 Å². The summed E-state index contributed by atoms with van der Waals surface area (Å²) in [6, 6.07) is 0. The molecule has 1 heterocycles. The Labute approximate surface area is 119 Å². The Bertz CT molecular complexity index is 245. The van der Waals surface area contributed by atoms with Crippen LogP contribution in [-0.2, 0) is 9.57 Å². The van der Waals surface area contributed by atoms with Crippen molar-refractivity contribution in [2.24, 2.45) is 0 Å². The number of rotatable bonds is 7. The monoisotopic (exact) mass is 271 g/mol. The molecule has 0 N–H and O–H groups in total. The molecule has 114 valence electrons. The molecule has 0 atom stereocenters. The molecule has 0 amide bonds. The van der Waals surface area contributed by atoms with E-state index in [0.29, 0.717) is 6.10 Å². The SMILES string of the molecule is CCCCCCON1C(C)(C)CC(OC)CC1(C)C. The number of piperidine rings is 1. The van der Waals surface area contributed by atoms with E-state index < -0.39 is 0 Å². The van der Waals surface area contributed by atoms with Gasteiger partial charge in [-0.1, -0.05) is 26.2 Å². The number of methoxy groups -OCH3 is 1. The fourth-order valence-electron chi connectivity index (χ4n) is 3.37. The number of nitrogens with zero attached hydrogens (tertiary/aromatic N) is 1. The lowest BCUT2D eigenvalue weighted by molar-refractivity contribution is -0.293. The molecule has 0 spiro atoms. The number of hydrogen-bond acceptors (Lipinski definition) is 3. The molecule has 0 aromatic carbocycles. The molecular formula is C16H33NO2. The zero-order valence-electron chi connectivity index (χ0n) is 13.8. The van der Waals surface area contributed by atoms with Gasteiger partial charge in [0.25, 0.3) is 0 Å². The second kappa shape index (κ2) is 7.05. The maximum absolute atomic E-state index is 6.13. The van der Waals surface area contributed by atoms with E-state index in [2.05, 4.69) is 39.7 Å². The van der Waals surface area contributed by atoms with Gasteiger partial charge in [0.05, 0.1) is 12.7 Å². The van der Waals surface area contributed by atoms with Gasteiger partial charge in [-0.25, -0.2) is 0 Å². The number of hydroxylamine groups is 2. The van der Waals surface area contributed by atoms with Crippen molar-refractivity contribution >= 4 is 0 Å². The summed E-state index contributed by atoms with van der Waals surface area (Å²) in [4.78, 5) is 6.13. The van der Waals surface area contributed by atoms with E-state index in [4.69, 9.17) is 9.57 Å². The smallest absolute Gasteiger partial charge is 0.0685 e. The molecule has 0 bridgehead atoms. The minimum Gasteiger partial charge on any atom is -0.381 e. The molecule has 0 aromatic rings. The predicted octanol–water partition coefficient (Wildman–Crippen LogP) is 4.17. The van der Waals surface area contributed by atoms with Crippen LogP contribution in [0.15, 0.2) is 0 Å². The lowest BCUT2D eigenvalue weighted by atomic mass is 9.80. The van der Waals surface area contributed by atoms with Crippen molar-refractivity contribution in [1.82, 2.24) is 5.06 Å². The van der Waals surface area contributed by atoms with Crippen LogP contribution in [0.3, 0.4) is 0 Å². The summed E-state index contributed by atoms with van der Waals surface area (Å²) in [5.74, 6) is 0. The Morgan fingerprint density at radius 3 is 2.05 bits per heavy atom. The highest BCUT2D eigenvalue weighted by Gasteiger charge is 2.46. The van der Waals surface area contributed by atoms with Crippen molar-refractivity contribution < 1.29 is 9.57 Å². The van der Waals surface area contributed by atoms with Gasteiger partial charge in [-0.3, -0.25) is 4.84 Å². The molecule has 0 saturated carbocycles. The normalized spacial score (nSPS) is 23.7. The zero-order valence-corrected chi connectivity index (χ0v) is 13.8. The first-order valence-corrected chi connectivity index (χ1v) is 7.79. The summed E-state index contributed by atoms with van der Waals surface area (Å²) in [5.41, 5.74) is 0.0698. The molecular weight excluding hydrogens is 238 g/mol. The summed E-state index contributed by atoms with van der Waals surface area (Å²) < 4.78 is 5.59. The van der Waals surface area contributed by atoms with Crippen molar-refractivity contribution in [3.8, 4) is 0 Å². The quantitative estimate of drug-likeness (QED) is 0.649. The zero-order chi connectivity index (χ0) is 14.5. The highest BCUT2D eigenvalue weighted by atomic mass is 16.7. The van der Waals surface area contributed by atoms with Crippen LogP contribution in [0.5, 0.6) is 0 Å². The van der Waals surface area contributed by atoms with Gasteiger partial charge in [0.15, 0.2) is 0 Å². The Morgan fingerprint density at radius 2 is 1.58 bits per heavy atom. The molecule has 0 unspecified atom stereocenters. The minimum absolute atomic E-state index is 0.0349. The first kappa shape index (κ1) is 16.9. The molecule has 0 radical (unpaired) electrons. The topological polar surface area (TPSA) is 21.7 Å². The standard InChI is InChI=1S/C16H33NO2/c1-7-8-9-10-11-19-17-15(2,3)12-14(18-6)13-16(17,4)5/h14H,7-13H2,1-6H3. The van der Waals surface area contributed by atoms with E-state index in [1.54, 1.807) is 0 Å². The van der Waals surface area contributed by atoms with E-state index in [1.165, 1.54) is 19.3 Å². The summed E-state index contributed by atoms with van der Waals surface area (Å²) in [7, 11) is 1.82. The second-order valence-electron chi connectivity index (χ2n) is 7.08. The first-order chi connectivity index (χ1) is 8.83. The lowest BCUT2D eigenvalue weighted by Gasteiger charge is -2.53. The molecule has 1 rings (SSSR count). The fraction of sp³-hybridized carbons (Fsp3) is 1.00. The van der Waals surface area contributed by atoms with E-state index in [9.17, 15) is 0 Å². The third-order valence-corrected chi connectivity index (χ3v) is 4.11. The van der Waals surface area contributed by atoms with Crippen molar-refractivity contribution in [3.63, 3.8) is 0 Å². The highest BCUT2D eigenvalue weighted by molar-refractivity contribution is 4.97. The van der Waals surface area contributed by atoms with Crippen LogP contribution < -0.4 is 0 Å². The first-order valence-electron chi connectivity index (χ1n) is 7.79. The van der Waals surface area contributed by atoms with Crippen molar-refractivity contribution in [2.75, 3.05) is 13.7 Å². The van der Waals surface area contributed by atoms with Gasteiger partial charge >= 0.3 is 0 Å². The summed E-state index contributed by atoms with van der Waals surface area (Å²) in [6.45, 7) is 12.1. The van der Waals surface area contributed by atoms with Gasteiger partial charge in [-0.15, -0.1) is 0 Å². The van der Waals surface area contributed by atoms with Gasteiger partial charge in [0.1, 0.15) is 0 Å². The molecule has 0 aromatic heterocycles. The molecule has 3 nitrogen and oxygen atoms in total. The van der Waals surface area contributed by atoms with Crippen LogP contribution in [0.4, 0.5) is 0 Å². The second-order valence-corrected chi connectivity index (χ2v) is 7.08. The Kier molecular flexibility index (Phi) is 6.28. The van der Waals surface area contributed by atoms with E-state index in [-0.39, 0.29) is 11.1 Å². The maximum Gasteiger partial charge on any atom is 0.0685 e. The Hall–Kier alpha value is -0.120. The number of hydrogen-bond donors (Lipinski definition) is 0. The van der Waals surface area contributed by atoms with Gasteiger partial charge < -0.3 is 4.74 Å². The van der Waals surface area contributed by atoms with Gasteiger partial charge in [-0.05, 0) is 47.0 Å². The molecule has 1 saturated heterocycles. The third-order valence-electron chi connectivity index (χ3n) is 4.11. The van der Waals surface area contributed by atoms with Gasteiger partial charge in [0.2, 0.25) is 0 Å². The number of ether oxygens (including phenoxy) is 1. The van der Waals surface area contributed by atoms with Gasteiger partial charge in [0, 0.05) is 18.2 Å². The van der Waals surface area contributed by atoms with E-state index in [0.717, 1.165) is 25.9 Å². The molecule has 1 fully saturated rings. The minimum atomic E-state index is 0.0349. The Balaban J connectivity index is 2.54. The Morgan fingerprint density at radius 1 is 1.00 bits per heavy atom. The van der Waals surface area contributed by atoms with Crippen LogP contribution in [0.25, 0.3) is 0 Å². The summed E-state index contributed by atoms with van der Waals surface area (Å²) in [5, 5.41) is 2.22. The lowest BCUT2D eigenvalue weighted by Crippen LogP contribution is -2.61. The summed E-state index contributed by atoms with van der Waals surface area (Å²) >= 11 is 0. The van der Waals surface area contributed by atoms with Crippen LogP contribution in [0.1, 0.15) is 73.1 Å². The fourth-order valence-corrected chi connectivity index (χ4v) is 3.37. The number of unbranched alkanes of at least 4 members (excludes halogenated alkanes) is 3. The predicted molar refractivity (Wildman–Crippen MR) is 80.1 cm³/mol. The highest BCUT2D eigenvalue weighted by Crippen LogP contribution is 2.39. The molecule has 0 aliphatic carbocycles. The van der Waals surface area contributed by atoms with E-state index in [1.807, 2.05) is 7.11 Å². The van der Waals surface area contributed by atoms with Crippen LogP contribution >= 0.6 is 0 Å².